The third-order valence-corrected chi connectivity index (χ3v) is 3.32. The third-order valence-electron chi connectivity index (χ3n) is 2.28. The first kappa shape index (κ1) is 12.1. The minimum atomic E-state index is 0.506. The lowest BCUT2D eigenvalue weighted by Crippen LogP contribution is -1.92. The van der Waals surface area contributed by atoms with Crippen molar-refractivity contribution >= 4 is 29.1 Å². The summed E-state index contributed by atoms with van der Waals surface area (Å²) >= 11 is 7.71. The number of nitrogen functional groups attached to an aromatic ring is 1. The fourth-order valence-electron chi connectivity index (χ4n) is 1.39. The fourth-order valence-corrected chi connectivity index (χ4v) is 2.02. The van der Waals surface area contributed by atoms with E-state index in [0.29, 0.717) is 16.5 Å². The summed E-state index contributed by atoms with van der Waals surface area (Å²) in [4.78, 5) is 1.18. The molecule has 0 aliphatic carbocycles. The molecule has 0 unspecified atom stereocenters. The second-order valence-electron chi connectivity index (χ2n) is 3.44. The van der Waals surface area contributed by atoms with E-state index in [1.165, 1.54) is 4.90 Å². The number of hydrogen-bond donors (Lipinski definition) is 1. The Morgan fingerprint density at radius 2 is 1.82 bits per heavy atom. The molecule has 0 bridgehead atoms. The highest BCUT2D eigenvalue weighted by Gasteiger charge is 2.06. The van der Waals surface area contributed by atoms with Gasteiger partial charge in [-0.25, -0.2) is 0 Å². The molecule has 2 aromatic rings. The number of halogens is 1. The minimum absolute atomic E-state index is 0.506. The average Bonchev–Trinajstić information content (AvgIpc) is 2.35. The second-order valence-corrected chi connectivity index (χ2v) is 4.72. The summed E-state index contributed by atoms with van der Waals surface area (Å²) in [5.41, 5.74) is 6.35. The molecule has 88 valence electrons. The van der Waals surface area contributed by atoms with E-state index in [0.717, 1.165) is 5.75 Å². The second kappa shape index (κ2) is 5.34. The quantitative estimate of drug-likeness (QED) is 0.658. The molecular weight excluding hydrogens is 254 g/mol. The lowest BCUT2D eigenvalue weighted by Gasteiger charge is -2.10. The zero-order valence-corrected chi connectivity index (χ0v) is 10.9. The van der Waals surface area contributed by atoms with Gasteiger partial charge in [0.25, 0.3) is 0 Å². The summed E-state index contributed by atoms with van der Waals surface area (Å²) in [6.45, 7) is 0. The van der Waals surface area contributed by atoms with Gasteiger partial charge in [0.2, 0.25) is 0 Å². The third kappa shape index (κ3) is 2.87. The number of para-hydroxylation sites is 1. The molecule has 17 heavy (non-hydrogen) atoms. The van der Waals surface area contributed by atoms with Crippen LogP contribution in [-0.4, -0.2) is 6.26 Å². The van der Waals surface area contributed by atoms with Crippen molar-refractivity contribution in [1.29, 1.82) is 0 Å². The van der Waals surface area contributed by atoms with Crippen LogP contribution in [0.3, 0.4) is 0 Å². The molecular formula is C13H12ClNOS. The fraction of sp³-hybridized carbons (Fsp3) is 0.0769. The van der Waals surface area contributed by atoms with E-state index in [1.807, 2.05) is 30.5 Å². The highest BCUT2D eigenvalue weighted by molar-refractivity contribution is 7.98. The molecule has 0 aromatic heterocycles. The van der Waals surface area contributed by atoms with Gasteiger partial charge in [-0.15, -0.1) is 11.8 Å². The highest BCUT2D eigenvalue weighted by Crippen LogP contribution is 2.34. The molecule has 0 saturated carbocycles. The van der Waals surface area contributed by atoms with Crippen LogP contribution < -0.4 is 10.5 Å². The van der Waals surface area contributed by atoms with Crippen molar-refractivity contribution in [1.82, 2.24) is 0 Å². The van der Waals surface area contributed by atoms with Crippen molar-refractivity contribution in [3.05, 3.63) is 47.5 Å². The zero-order valence-electron chi connectivity index (χ0n) is 9.31. The maximum absolute atomic E-state index is 6.03. The first-order chi connectivity index (χ1) is 8.20. The lowest BCUT2D eigenvalue weighted by atomic mass is 10.3. The van der Waals surface area contributed by atoms with Crippen LogP contribution >= 0.6 is 23.4 Å². The van der Waals surface area contributed by atoms with Gasteiger partial charge in [-0.3, -0.25) is 0 Å². The molecule has 4 heteroatoms. The smallest absolute Gasteiger partial charge is 0.168 e. The van der Waals surface area contributed by atoms with E-state index in [-0.39, 0.29) is 0 Å². The molecule has 0 amide bonds. The summed E-state index contributed by atoms with van der Waals surface area (Å²) < 4.78 is 5.67. The topological polar surface area (TPSA) is 35.2 Å². The monoisotopic (exact) mass is 265 g/mol. The van der Waals surface area contributed by atoms with Gasteiger partial charge < -0.3 is 10.5 Å². The van der Waals surface area contributed by atoms with Crippen molar-refractivity contribution < 1.29 is 4.74 Å². The van der Waals surface area contributed by atoms with E-state index in [4.69, 9.17) is 22.1 Å². The Balaban J connectivity index is 2.25. The van der Waals surface area contributed by atoms with Gasteiger partial charge in [0, 0.05) is 4.90 Å². The number of thioether (sulfide) groups is 1. The van der Waals surface area contributed by atoms with Crippen LogP contribution in [0.25, 0.3) is 0 Å². The first-order valence-corrected chi connectivity index (χ1v) is 6.67. The number of anilines is 1. The SMILES string of the molecule is CSc1ccc(Oc2c(N)cccc2Cl)cc1. The van der Waals surface area contributed by atoms with Gasteiger partial charge in [-0.05, 0) is 42.7 Å². The summed E-state index contributed by atoms with van der Waals surface area (Å²) in [7, 11) is 0. The van der Waals surface area contributed by atoms with E-state index in [2.05, 4.69) is 0 Å². The lowest BCUT2D eigenvalue weighted by molar-refractivity contribution is 0.485. The predicted octanol–water partition coefficient (Wildman–Crippen LogP) is 4.44. The Bertz CT molecular complexity index is 493. The van der Waals surface area contributed by atoms with Crippen LogP contribution in [-0.2, 0) is 0 Å². The normalized spacial score (nSPS) is 10.2. The largest absolute Gasteiger partial charge is 0.454 e. The van der Waals surface area contributed by atoms with Gasteiger partial charge in [-0.1, -0.05) is 17.7 Å². The highest BCUT2D eigenvalue weighted by atomic mass is 35.5. The van der Waals surface area contributed by atoms with Crippen molar-refractivity contribution in [3.8, 4) is 11.5 Å². The van der Waals surface area contributed by atoms with Gasteiger partial charge in [0.15, 0.2) is 5.75 Å². The molecule has 0 atom stereocenters. The maximum atomic E-state index is 6.03. The Hall–Kier alpha value is -1.32. The minimum Gasteiger partial charge on any atom is -0.454 e. The molecule has 2 nitrogen and oxygen atoms in total. The molecule has 2 aromatic carbocycles. The van der Waals surface area contributed by atoms with E-state index < -0.39 is 0 Å². The molecule has 0 aliphatic heterocycles. The number of ether oxygens (including phenoxy) is 1. The van der Waals surface area contributed by atoms with E-state index in [9.17, 15) is 0 Å². The Morgan fingerprint density at radius 1 is 1.12 bits per heavy atom. The van der Waals surface area contributed by atoms with E-state index >= 15 is 0 Å². The van der Waals surface area contributed by atoms with Crippen molar-refractivity contribution in [3.63, 3.8) is 0 Å². The van der Waals surface area contributed by atoms with Crippen LogP contribution in [0.1, 0.15) is 0 Å². The zero-order chi connectivity index (χ0) is 12.3. The molecule has 0 spiro atoms. The van der Waals surface area contributed by atoms with E-state index in [1.54, 1.807) is 30.0 Å². The first-order valence-electron chi connectivity index (χ1n) is 5.06. The van der Waals surface area contributed by atoms with Crippen molar-refractivity contribution in [2.75, 3.05) is 12.0 Å². The standard InChI is InChI=1S/C13H12ClNOS/c1-17-10-7-5-9(6-8-10)16-13-11(14)3-2-4-12(13)15/h2-8H,15H2,1H3. The molecule has 0 saturated heterocycles. The molecule has 0 heterocycles. The van der Waals surface area contributed by atoms with Gasteiger partial charge in [-0.2, -0.15) is 0 Å². The number of benzene rings is 2. The van der Waals surface area contributed by atoms with Crippen LogP contribution in [0.2, 0.25) is 5.02 Å². The van der Waals surface area contributed by atoms with Gasteiger partial charge in [0.1, 0.15) is 5.75 Å². The molecule has 2 N–H and O–H groups in total. The van der Waals surface area contributed by atoms with Gasteiger partial charge >= 0.3 is 0 Å². The van der Waals surface area contributed by atoms with Crippen LogP contribution in [0.15, 0.2) is 47.4 Å². The van der Waals surface area contributed by atoms with Crippen LogP contribution in [0.5, 0.6) is 11.5 Å². The predicted molar refractivity (Wildman–Crippen MR) is 74.2 cm³/mol. The Morgan fingerprint density at radius 3 is 2.41 bits per heavy atom. The summed E-state index contributed by atoms with van der Waals surface area (Å²) in [6.07, 6.45) is 2.03. The molecule has 2 rings (SSSR count). The van der Waals surface area contributed by atoms with Crippen molar-refractivity contribution in [2.45, 2.75) is 4.90 Å². The molecule has 0 aliphatic rings. The van der Waals surface area contributed by atoms with Crippen LogP contribution in [0, 0.1) is 0 Å². The number of hydrogen-bond acceptors (Lipinski definition) is 3. The summed E-state index contributed by atoms with van der Waals surface area (Å²) in [5.74, 6) is 1.23. The Labute approximate surface area is 110 Å². The maximum Gasteiger partial charge on any atom is 0.168 e. The number of nitrogens with two attached hydrogens (primary N) is 1. The van der Waals surface area contributed by atoms with Gasteiger partial charge in [0.05, 0.1) is 10.7 Å². The average molecular weight is 266 g/mol. The molecule has 0 radical (unpaired) electrons. The summed E-state index contributed by atoms with van der Waals surface area (Å²) in [6, 6.07) is 13.1. The summed E-state index contributed by atoms with van der Waals surface area (Å²) in [5, 5.41) is 0.513. The van der Waals surface area contributed by atoms with Crippen molar-refractivity contribution in [2.24, 2.45) is 0 Å². The molecule has 0 fully saturated rings. The Kier molecular flexibility index (Phi) is 3.82. The number of rotatable bonds is 3. The van der Waals surface area contributed by atoms with Crippen LogP contribution in [0.4, 0.5) is 5.69 Å².